The average molecular weight is 218 g/mol. The molecule has 0 saturated heterocycles. The molecule has 0 aliphatic heterocycles. The Labute approximate surface area is 87.1 Å². The molecule has 2 nitrogen and oxygen atoms in total. The zero-order chi connectivity index (χ0) is 9.68. The van der Waals surface area contributed by atoms with Gasteiger partial charge >= 0.3 is 0 Å². The minimum Gasteiger partial charge on any atom is -0.391 e. The fourth-order valence-corrected chi connectivity index (χ4v) is 1.28. The molecule has 0 atom stereocenters. The van der Waals surface area contributed by atoms with Crippen LogP contribution in [0.2, 0.25) is 10.0 Å². The van der Waals surface area contributed by atoms with Gasteiger partial charge in [-0.2, -0.15) is 0 Å². The molecule has 0 aliphatic carbocycles. The maximum absolute atomic E-state index is 5.89. The van der Waals surface area contributed by atoms with Crippen molar-refractivity contribution in [2.24, 2.45) is 5.16 Å². The number of oxime groups is 1. The van der Waals surface area contributed by atoms with E-state index >= 15 is 0 Å². The van der Waals surface area contributed by atoms with E-state index in [1.807, 2.05) is 6.07 Å². The van der Waals surface area contributed by atoms with Crippen LogP contribution in [0.4, 0.5) is 0 Å². The van der Waals surface area contributed by atoms with E-state index in [0.29, 0.717) is 16.7 Å². The highest BCUT2D eigenvalue weighted by atomic mass is 35.5. The Morgan fingerprint density at radius 1 is 1.46 bits per heavy atom. The minimum absolute atomic E-state index is 0.361. The maximum Gasteiger partial charge on any atom is 0.143 e. The number of nitrogens with zero attached hydrogens (tertiary/aromatic N) is 1. The van der Waals surface area contributed by atoms with Gasteiger partial charge in [-0.1, -0.05) is 34.4 Å². The van der Waals surface area contributed by atoms with Gasteiger partial charge in [0, 0.05) is 21.8 Å². The zero-order valence-corrected chi connectivity index (χ0v) is 8.64. The van der Waals surface area contributed by atoms with Gasteiger partial charge in [0.2, 0.25) is 0 Å². The molecular formula is C9H9Cl2NO. The maximum atomic E-state index is 5.89. The molecule has 0 saturated carbocycles. The second-order valence-electron chi connectivity index (χ2n) is 2.37. The van der Waals surface area contributed by atoms with Crippen molar-refractivity contribution in [2.75, 3.05) is 0 Å². The van der Waals surface area contributed by atoms with E-state index in [1.165, 1.54) is 0 Å². The molecule has 0 aliphatic rings. The first-order valence-electron chi connectivity index (χ1n) is 3.78. The summed E-state index contributed by atoms with van der Waals surface area (Å²) in [6.07, 6.45) is 1.57. The van der Waals surface area contributed by atoms with Crippen LogP contribution in [-0.2, 0) is 11.4 Å². The van der Waals surface area contributed by atoms with Gasteiger partial charge in [-0.05, 0) is 19.1 Å². The van der Waals surface area contributed by atoms with E-state index < -0.39 is 0 Å². The second-order valence-corrected chi connectivity index (χ2v) is 3.22. The van der Waals surface area contributed by atoms with Gasteiger partial charge in [0.1, 0.15) is 6.61 Å². The van der Waals surface area contributed by atoms with Crippen LogP contribution < -0.4 is 0 Å². The van der Waals surface area contributed by atoms with Crippen molar-refractivity contribution >= 4 is 29.4 Å². The van der Waals surface area contributed by atoms with Crippen LogP contribution in [0.15, 0.2) is 23.4 Å². The third-order valence-corrected chi connectivity index (χ3v) is 2.00. The van der Waals surface area contributed by atoms with Crippen molar-refractivity contribution in [3.05, 3.63) is 33.8 Å². The van der Waals surface area contributed by atoms with Gasteiger partial charge in [0.15, 0.2) is 0 Å². The van der Waals surface area contributed by atoms with Crippen LogP contribution >= 0.6 is 23.2 Å². The van der Waals surface area contributed by atoms with Crippen LogP contribution in [0.5, 0.6) is 0 Å². The molecule has 0 N–H and O–H groups in total. The Balaban J connectivity index is 2.66. The SMILES string of the molecule is CC=NOCc1ccc(Cl)cc1Cl. The summed E-state index contributed by atoms with van der Waals surface area (Å²) in [5, 5.41) is 4.83. The number of hydrogen-bond donors (Lipinski definition) is 0. The van der Waals surface area contributed by atoms with Crippen molar-refractivity contribution in [1.82, 2.24) is 0 Å². The topological polar surface area (TPSA) is 21.6 Å². The Kier molecular flexibility index (Phi) is 4.06. The third-order valence-electron chi connectivity index (χ3n) is 1.42. The van der Waals surface area contributed by atoms with Crippen LogP contribution in [0.3, 0.4) is 0 Å². The van der Waals surface area contributed by atoms with E-state index in [9.17, 15) is 0 Å². The summed E-state index contributed by atoms with van der Waals surface area (Å²) in [7, 11) is 0. The fourth-order valence-electron chi connectivity index (χ4n) is 0.820. The molecular weight excluding hydrogens is 209 g/mol. The van der Waals surface area contributed by atoms with Gasteiger partial charge in [-0.25, -0.2) is 0 Å². The highest BCUT2D eigenvalue weighted by molar-refractivity contribution is 6.35. The summed E-state index contributed by atoms with van der Waals surface area (Å²) >= 11 is 11.6. The van der Waals surface area contributed by atoms with Gasteiger partial charge in [0.05, 0.1) is 0 Å². The van der Waals surface area contributed by atoms with Gasteiger partial charge in [-0.3, -0.25) is 0 Å². The summed E-state index contributed by atoms with van der Waals surface area (Å²) in [4.78, 5) is 4.93. The van der Waals surface area contributed by atoms with Crippen molar-refractivity contribution in [3.8, 4) is 0 Å². The Morgan fingerprint density at radius 3 is 2.85 bits per heavy atom. The number of rotatable bonds is 3. The third kappa shape index (κ3) is 3.25. The van der Waals surface area contributed by atoms with Crippen LogP contribution in [0.25, 0.3) is 0 Å². The van der Waals surface area contributed by atoms with Crippen molar-refractivity contribution in [1.29, 1.82) is 0 Å². The van der Waals surface area contributed by atoms with Crippen molar-refractivity contribution in [3.63, 3.8) is 0 Å². The van der Waals surface area contributed by atoms with E-state index in [1.54, 1.807) is 25.3 Å². The zero-order valence-electron chi connectivity index (χ0n) is 7.13. The van der Waals surface area contributed by atoms with E-state index in [4.69, 9.17) is 28.0 Å². The molecule has 0 amide bonds. The number of hydrogen-bond acceptors (Lipinski definition) is 2. The molecule has 0 aromatic heterocycles. The predicted octanol–water partition coefficient (Wildman–Crippen LogP) is 3.52. The van der Waals surface area contributed by atoms with Gasteiger partial charge in [0.25, 0.3) is 0 Å². The summed E-state index contributed by atoms with van der Waals surface area (Å²) in [6.45, 7) is 2.14. The van der Waals surface area contributed by atoms with Crippen molar-refractivity contribution in [2.45, 2.75) is 13.5 Å². The second kappa shape index (κ2) is 5.10. The molecule has 0 spiro atoms. The summed E-state index contributed by atoms with van der Waals surface area (Å²) in [5.74, 6) is 0. The van der Waals surface area contributed by atoms with Gasteiger partial charge in [-0.15, -0.1) is 0 Å². The lowest BCUT2D eigenvalue weighted by Gasteiger charge is -2.02. The Hall–Kier alpha value is -0.730. The molecule has 1 aromatic carbocycles. The number of benzene rings is 1. The first-order valence-corrected chi connectivity index (χ1v) is 4.53. The van der Waals surface area contributed by atoms with E-state index in [-0.39, 0.29) is 0 Å². The fraction of sp³-hybridized carbons (Fsp3) is 0.222. The monoisotopic (exact) mass is 217 g/mol. The molecule has 0 radical (unpaired) electrons. The molecule has 13 heavy (non-hydrogen) atoms. The van der Waals surface area contributed by atoms with E-state index in [2.05, 4.69) is 5.16 Å². The molecule has 0 unspecified atom stereocenters. The first kappa shape index (κ1) is 10.4. The van der Waals surface area contributed by atoms with Crippen molar-refractivity contribution < 1.29 is 4.84 Å². The standard InChI is InChI=1S/C9H9Cl2NO/c1-2-12-13-6-7-3-4-8(10)5-9(7)11/h2-5H,6H2,1H3. The van der Waals surface area contributed by atoms with Crippen LogP contribution in [0.1, 0.15) is 12.5 Å². The summed E-state index contributed by atoms with van der Waals surface area (Å²) < 4.78 is 0. The molecule has 0 fully saturated rings. The summed E-state index contributed by atoms with van der Waals surface area (Å²) in [5.41, 5.74) is 0.872. The predicted molar refractivity (Wildman–Crippen MR) is 55.4 cm³/mol. The Morgan fingerprint density at radius 2 is 2.23 bits per heavy atom. The van der Waals surface area contributed by atoms with E-state index in [0.717, 1.165) is 5.56 Å². The smallest absolute Gasteiger partial charge is 0.143 e. The quantitative estimate of drug-likeness (QED) is 0.561. The molecule has 0 heterocycles. The lowest BCUT2D eigenvalue weighted by Crippen LogP contribution is -1.88. The normalized spacial score (nSPS) is 10.7. The Bertz CT molecular complexity index is 312. The summed E-state index contributed by atoms with van der Waals surface area (Å²) in [6, 6.07) is 5.26. The number of halogens is 2. The molecule has 4 heteroatoms. The highest BCUT2D eigenvalue weighted by Crippen LogP contribution is 2.21. The highest BCUT2D eigenvalue weighted by Gasteiger charge is 2.00. The average Bonchev–Trinajstić information content (AvgIpc) is 2.09. The molecule has 1 aromatic rings. The van der Waals surface area contributed by atoms with Crippen LogP contribution in [0, 0.1) is 0 Å². The molecule has 0 bridgehead atoms. The van der Waals surface area contributed by atoms with Gasteiger partial charge < -0.3 is 4.84 Å². The first-order chi connectivity index (χ1) is 6.24. The largest absolute Gasteiger partial charge is 0.391 e. The molecule has 1 rings (SSSR count). The lowest BCUT2D eigenvalue weighted by atomic mass is 10.2. The molecule has 70 valence electrons. The lowest BCUT2D eigenvalue weighted by molar-refractivity contribution is 0.132. The van der Waals surface area contributed by atoms with Crippen LogP contribution in [-0.4, -0.2) is 6.21 Å². The minimum atomic E-state index is 0.361.